The Bertz CT molecular complexity index is 49.6. The molecule has 0 saturated heterocycles. The van der Waals surface area contributed by atoms with Gasteiger partial charge in [-0.1, -0.05) is 26.0 Å². The summed E-state index contributed by atoms with van der Waals surface area (Å²) in [4.78, 5) is 0. The van der Waals surface area contributed by atoms with Crippen LogP contribution in [0.15, 0.2) is 25.3 Å². The summed E-state index contributed by atoms with van der Waals surface area (Å²) >= 11 is 0. The molecule has 0 spiro atoms. The van der Waals surface area contributed by atoms with Gasteiger partial charge in [0.25, 0.3) is 0 Å². The van der Waals surface area contributed by atoms with E-state index < -0.39 is 0 Å². The van der Waals surface area contributed by atoms with Crippen LogP contribution in [0.2, 0.25) is 0 Å². The molecule has 0 aliphatic heterocycles. The lowest BCUT2D eigenvalue weighted by Crippen LogP contribution is -2.11. The Balaban J connectivity index is 0. The average Bonchev–Trinajstić information content (AvgIpc) is 1.94. The number of hydrogen-bond acceptors (Lipinski definition) is 1. The van der Waals surface area contributed by atoms with E-state index in [4.69, 9.17) is 0 Å². The molecule has 1 N–H and O–H groups in total. The van der Waals surface area contributed by atoms with E-state index in [2.05, 4.69) is 18.5 Å². The lowest BCUT2D eigenvalue weighted by molar-refractivity contribution is 0.845. The third-order valence-electron chi connectivity index (χ3n) is 0.577. The fourth-order valence-corrected chi connectivity index (χ4v) is 0.287. The Morgan fingerprint density at radius 3 is 1.67 bits per heavy atom. The molecule has 0 saturated carbocycles. The molecule has 0 rings (SSSR count). The molecule has 0 aromatic heterocycles. The summed E-state index contributed by atoms with van der Waals surface area (Å²) < 4.78 is 0. The van der Waals surface area contributed by atoms with Crippen LogP contribution >= 0.6 is 0 Å². The largest absolute Gasteiger partial charge is 0.310 e. The van der Waals surface area contributed by atoms with Gasteiger partial charge < -0.3 is 5.32 Å². The SMILES string of the molecule is C=CCNCC=C.CC. The number of nitrogens with one attached hydrogen (secondary N) is 1. The molecular weight excluding hydrogens is 110 g/mol. The molecule has 0 aromatic carbocycles. The van der Waals surface area contributed by atoms with Crippen LogP contribution in [0.3, 0.4) is 0 Å². The fourth-order valence-electron chi connectivity index (χ4n) is 0.287. The molecule has 9 heavy (non-hydrogen) atoms. The Morgan fingerprint density at radius 1 is 1.11 bits per heavy atom. The second-order valence-corrected chi connectivity index (χ2v) is 1.24. The van der Waals surface area contributed by atoms with Gasteiger partial charge in [-0.15, -0.1) is 13.2 Å². The maximum Gasteiger partial charge on any atom is 0.0135 e. The summed E-state index contributed by atoms with van der Waals surface area (Å²) in [5.41, 5.74) is 0. The van der Waals surface area contributed by atoms with Gasteiger partial charge in [-0.3, -0.25) is 0 Å². The molecule has 0 aliphatic rings. The highest BCUT2D eigenvalue weighted by molar-refractivity contribution is 4.75. The Labute approximate surface area is 58.5 Å². The molecule has 0 amide bonds. The first kappa shape index (κ1) is 11.3. The second-order valence-electron chi connectivity index (χ2n) is 1.24. The van der Waals surface area contributed by atoms with E-state index >= 15 is 0 Å². The zero-order chi connectivity index (χ0) is 7.54. The molecule has 0 heterocycles. The van der Waals surface area contributed by atoms with E-state index in [1.54, 1.807) is 0 Å². The highest BCUT2D eigenvalue weighted by Crippen LogP contribution is 1.59. The summed E-state index contributed by atoms with van der Waals surface area (Å²) in [7, 11) is 0. The normalized spacial score (nSPS) is 6.89. The average molecular weight is 127 g/mol. The molecule has 54 valence electrons. The third kappa shape index (κ3) is 18.6. The van der Waals surface area contributed by atoms with Crippen LogP contribution in [0.25, 0.3) is 0 Å². The molecule has 1 heteroatoms. The molecule has 1 nitrogen and oxygen atoms in total. The van der Waals surface area contributed by atoms with Gasteiger partial charge in [-0.25, -0.2) is 0 Å². The highest BCUT2D eigenvalue weighted by Gasteiger charge is 1.69. The first-order valence-electron chi connectivity index (χ1n) is 3.34. The molecular formula is C8H17N. The molecule has 0 fully saturated rings. The number of rotatable bonds is 4. The van der Waals surface area contributed by atoms with Crippen molar-refractivity contribution in [2.45, 2.75) is 13.8 Å². The summed E-state index contributed by atoms with van der Waals surface area (Å²) in [6, 6.07) is 0. The van der Waals surface area contributed by atoms with Gasteiger partial charge in [0, 0.05) is 13.1 Å². The summed E-state index contributed by atoms with van der Waals surface area (Å²) in [5, 5.41) is 3.05. The summed E-state index contributed by atoms with van der Waals surface area (Å²) in [6.45, 7) is 12.8. The van der Waals surface area contributed by atoms with Crippen molar-refractivity contribution in [3.63, 3.8) is 0 Å². The van der Waals surface area contributed by atoms with E-state index in [0.717, 1.165) is 13.1 Å². The van der Waals surface area contributed by atoms with E-state index in [9.17, 15) is 0 Å². The standard InChI is InChI=1S/C6H11N.C2H6/c1-3-5-7-6-4-2;1-2/h3-4,7H,1-2,5-6H2;1-2H3. The van der Waals surface area contributed by atoms with Crippen LogP contribution in [0.4, 0.5) is 0 Å². The number of hydrogen-bond donors (Lipinski definition) is 1. The first-order valence-corrected chi connectivity index (χ1v) is 3.34. The quantitative estimate of drug-likeness (QED) is 0.450. The van der Waals surface area contributed by atoms with Crippen molar-refractivity contribution in [1.29, 1.82) is 0 Å². The van der Waals surface area contributed by atoms with Crippen molar-refractivity contribution in [1.82, 2.24) is 5.32 Å². The van der Waals surface area contributed by atoms with Crippen LogP contribution in [0.5, 0.6) is 0 Å². The van der Waals surface area contributed by atoms with E-state index in [-0.39, 0.29) is 0 Å². The summed E-state index contributed by atoms with van der Waals surface area (Å²) in [5.74, 6) is 0. The van der Waals surface area contributed by atoms with Gasteiger partial charge in [0.15, 0.2) is 0 Å². The minimum Gasteiger partial charge on any atom is -0.310 e. The van der Waals surface area contributed by atoms with Gasteiger partial charge in [0.1, 0.15) is 0 Å². The molecule has 0 aliphatic carbocycles. The van der Waals surface area contributed by atoms with E-state index in [1.165, 1.54) is 0 Å². The second kappa shape index (κ2) is 15.7. The van der Waals surface area contributed by atoms with Crippen molar-refractivity contribution >= 4 is 0 Å². The van der Waals surface area contributed by atoms with Crippen LogP contribution in [-0.4, -0.2) is 13.1 Å². The van der Waals surface area contributed by atoms with E-state index in [0.29, 0.717) is 0 Å². The minimum atomic E-state index is 0.867. The molecule has 0 unspecified atom stereocenters. The van der Waals surface area contributed by atoms with Gasteiger partial charge in [0.05, 0.1) is 0 Å². The first-order chi connectivity index (χ1) is 4.41. The van der Waals surface area contributed by atoms with Crippen molar-refractivity contribution in [3.05, 3.63) is 25.3 Å². The molecule has 0 radical (unpaired) electrons. The van der Waals surface area contributed by atoms with Crippen molar-refractivity contribution < 1.29 is 0 Å². The maximum absolute atomic E-state index is 3.54. The highest BCUT2D eigenvalue weighted by atomic mass is 14.8. The smallest absolute Gasteiger partial charge is 0.0135 e. The van der Waals surface area contributed by atoms with Crippen LogP contribution in [0, 0.1) is 0 Å². The van der Waals surface area contributed by atoms with E-state index in [1.807, 2.05) is 26.0 Å². The van der Waals surface area contributed by atoms with Crippen molar-refractivity contribution in [3.8, 4) is 0 Å². The molecule has 0 atom stereocenters. The van der Waals surface area contributed by atoms with Crippen LogP contribution < -0.4 is 5.32 Å². The lowest BCUT2D eigenvalue weighted by Gasteiger charge is -1.90. The van der Waals surface area contributed by atoms with Crippen LogP contribution in [0.1, 0.15) is 13.8 Å². The Morgan fingerprint density at radius 2 is 1.44 bits per heavy atom. The van der Waals surface area contributed by atoms with Gasteiger partial charge in [-0.05, 0) is 0 Å². The van der Waals surface area contributed by atoms with Gasteiger partial charge in [-0.2, -0.15) is 0 Å². The van der Waals surface area contributed by atoms with Crippen molar-refractivity contribution in [2.24, 2.45) is 0 Å². The monoisotopic (exact) mass is 127 g/mol. The predicted molar refractivity (Wildman–Crippen MR) is 44.6 cm³/mol. The summed E-state index contributed by atoms with van der Waals surface area (Å²) in [6.07, 6.45) is 3.65. The fraction of sp³-hybridized carbons (Fsp3) is 0.500. The Hall–Kier alpha value is -0.560. The lowest BCUT2D eigenvalue weighted by atomic mass is 10.5. The van der Waals surface area contributed by atoms with Gasteiger partial charge >= 0.3 is 0 Å². The molecule has 0 bridgehead atoms. The van der Waals surface area contributed by atoms with Crippen molar-refractivity contribution in [2.75, 3.05) is 13.1 Å². The minimum absolute atomic E-state index is 0.867. The van der Waals surface area contributed by atoms with Gasteiger partial charge in [0.2, 0.25) is 0 Å². The zero-order valence-electron chi connectivity index (χ0n) is 6.48. The topological polar surface area (TPSA) is 12.0 Å². The zero-order valence-corrected chi connectivity index (χ0v) is 6.48. The maximum atomic E-state index is 3.54. The molecule has 0 aromatic rings. The predicted octanol–water partition coefficient (Wildman–Crippen LogP) is 1.97. The third-order valence-corrected chi connectivity index (χ3v) is 0.577. The Kier molecular flexibility index (Phi) is 19.6. The van der Waals surface area contributed by atoms with Crippen LogP contribution in [-0.2, 0) is 0 Å².